The van der Waals surface area contributed by atoms with Gasteiger partial charge >= 0.3 is 0 Å². The number of aromatic amines is 1. The largest absolute Gasteiger partial charge is 0.361 e. The minimum absolute atomic E-state index is 0.841. The molecule has 26 heavy (non-hydrogen) atoms. The van der Waals surface area contributed by atoms with Gasteiger partial charge in [0.2, 0.25) is 0 Å². The van der Waals surface area contributed by atoms with Crippen molar-refractivity contribution in [1.29, 1.82) is 0 Å². The van der Waals surface area contributed by atoms with Gasteiger partial charge in [-0.05, 0) is 50.1 Å². The third-order valence-corrected chi connectivity index (χ3v) is 4.65. The standard InChI is InChI=1S/C21H22N4O/c1-13-5-6-17(21-14(2)24-26-15(21)3)11-19(13)22-18-9-7-16(8-10-18)20-12-25(4)23-20/h5-12,22-23H,1-4H3. The molecule has 4 aromatic rings. The summed E-state index contributed by atoms with van der Waals surface area (Å²) >= 11 is 0. The Morgan fingerprint density at radius 2 is 1.69 bits per heavy atom. The SMILES string of the molecule is Cc1ccc(-c2c(C)noc2C)cc1Nc1ccc(-c2cn(C)[nH]2)cc1. The predicted octanol–water partition coefficient (Wildman–Crippen LogP) is 5.34. The van der Waals surface area contributed by atoms with Crippen LogP contribution in [0.15, 0.2) is 53.2 Å². The van der Waals surface area contributed by atoms with Crippen LogP contribution in [0.4, 0.5) is 11.4 Å². The van der Waals surface area contributed by atoms with E-state index in [2.05, 4.69) is 71.2 Å². The number of nitrogens with zero attached hydrogens (tertiary/aromatic N) is 2. The lowest BCUT2D eigenvalue weighted by Gasteiger charge is -2.14. The molecule has 132 valence electrons. The van der Waals surface area contributed by atoms with Gasteiger partial charge in [0, 0.05) is 35.7 Å². The molecule has 0 spiro atoms. The van der Waals surface area contributed by atoms with Crippen LogP contribution in [0.1, 0.15) is 17.0 Å². The number of benzene rings is 2. The van der Waals surface area contributed by atoms with Crippen LogP contribution in [-0.4, -0.2) is 14.9 Å². The third-order valence-electron chi connectivity index (χ3n) is 4.65. The Hall–Kier alpha value is -3.21. The van der Waals surface area contributed by atoms with Crippen molar-refractivity contribution in [1.82, 2.24) is 14.9 Å². The molecule has 2 aromatic carbocycles. The molecule has 2 aromatic heterocycles. The van der Waals surface area contributed by atoms with E-state index in [1.54, 1.807) is 0 Å². The van der Waals surface area contributed by atoms with Crippen LogP contribution in [0, 0.1) is 20.8 Å². The Morgan fingerprint density at radius 1 is 1.00 bits per heavy atom. The molecule has 2 N–H and O–H groups in total. The van der Waals surface area contributed by atoms with Crippen molar-refractivity contribution in [3.05, 3.63) is 65.7 Å². The van der Waals surface area contributed by atoms with Gasteiger partial charge in [-0.2, -0.15) is 0 Å². The zero-order valence-electron chi connectivity index (χ0n) is 15.4. The normalized spacial score (nSPS) is 11.1. The maximum Gasteiger partial charge on any atom is 0.141 e. The topological polar surface area (TPSA) is 58.8 Å². The van der Waals surface area contributed by atoms with Gasteiger partial charge in [0.1, 0.15) is 5.76 Å². The van der Waals surface area contributed by atoms with E-state index in [4.69, 9.17) is 4.52 Å². The maximum absolute atomic E-state index is 5.31. The Balaban J connectivity index is 1.61. The average Bonchev–Trinajstić information content (AvgIpc) is 2.94. The fourth-order valence-electron chi connectivity index (χ4n) is 3.21. The molecule has 0 unspecified atom stereocenters. The quantitative estimate of drug-likeness (QED) is 0.524. The molecule has 4 rings (SSSR count). The lowest BCUT2D eigenvalue weighted by atomic mass is 10.0. The van der Waals surface area contributed by atoms with Crippen LogP contribution in [0.2, 0.25) is 0 Å². The van der Waals surface area contributed by atoms with Crippen LogP contribution < -0.4 is 5.32 Å². The van der Waals surface area contributed by atoms with Crippen molar-refractivity contribution in [3.63, 3.8) is 0 Å². The first kappa shape index (κ1) is 16.3. The maximum atomic E-state index is 5.31. The van der Waals surface area contributed by atoms with Gasteiger partial charge in [-0.15, -0.1) is 0 Å². The van der Waals surface area contributed by atoms with E-state index < -0.39 is 0 Å². The van der Waals surface area contributed by atoms with Gasteiger partial charge in [0.25, 0.3) is 0 Å². The molecule has 0 aliphatic heterocycles. The van der Waals surface area contributed by atoms with E-state index in [-0.39, 0.29) is 0 Å². The molecule has 0 atom stereocenters. The minimum Gasteiger partial charge on any atom is -0.361 e. The molecule has 0 bridgehead atoms. The first-order valence-electron chi connectivity index (χ1n) is 8.64. The molecule has 5 heteroatoms. The van der Waals surface area contributed by atoms with Crippen LogP contribution in [-0.2, 0) is 7.05 Å². The Labute approximate surface area is 152 Å². The van der Waals surface area contributed by atoms with E-state index in [1.807, 2.05) is 25.6 Å². The van der Waals surface area contributed by atoms with Crippen molar-refractivity contribution in [2.24, 2.45) is 7.05 Å². The van der Waals surface area contributed by atoms with E-state index in [0.717, 1.165) is 39.6 Å². The zero-order chi connectivity index (χ0) is 18.3. The highest BCUT2D eigenvalue weighted by Gasteiger charge is 2.13. The summed E-state index contributed by atoms with van der Waals surface area (Å²) in [5.74, 6) is 0.841. The Morgan fingerprint density at radius 3 is 2.31 bits per heavy atom. The molecule has 0 saturated heterocycles. The van der Waals surface area contributed by atoms with Crippen molar-refractivity contribution < 1.29 is 4.52 Å². The molecule has 0 saturated carbocycles. The van der Waals surface area contributed by atoms with Crippen LogP contribution in [0.5, 0.6) is 0 Å². The van der Waals surface area contributed by atoms with E-state index in [1.165, 1.54) is 11.1 Å². The Bertz CT molecular complexity index is 1020. The number of aromatic nitrogens is 3. The second-order valence-electron chi connectivity index (χ2n) is 6.70. The van der Waals surface area contributed by atoms with E-state index in [9.17, 15) is 0 Å². The zero-order valence-corrected chi connectivity index (χ0v) is 15.4. The monoisotopic (exact) mass is 346 g/mol. The summed E-state index contributed by atoms with van der Waals surface area (Å²) in [6.07, 6.45) is 2.07. The fourth-order valence-corrected chi connectivity index (χ4v) is 3.21. The van der Waals surface area contributed by atoms with Gasteiger partial charge in [0.15, 0.2) is 0 Å². The summed E-state index contributed by atoms with van der Waals surface area (Å²) in [5, 5.41) is 10.8. The van der Waals surface area contributed by atoms with Crippen LogP contribution in [0.3, 0.4) is 0 Å². The lowest BCUT2D eigenvalue weighted by molar-refractivity contribution is 0.393. The summed E-state index contributed by atoms with van der Waals surface area (Å²) in [7, 11) is 1.98. The molecule has 2 heterocycles. The molecule has 0 fully saturated rings. The second kappa shape index (κ2) is 6.26. The van der Waals surface area contributed by atoms with Gasteiger partial charge in [-0.25, -0.2) is 0 Å². The summed E-state index contributed by atoms with van der Waals surface area (Å²) < 4.78 is 7.25. The van der Waals surface area contributed by atoms with Gasteiger partial charge in [0.05, 0.1) is 11.4 Å². The van der Waals surface area contributed by atoms with E-state index >= 15 is 0 Å². The van der Waals surface area contributed by atoms with E-state index in [0.29, 0.717) is 0 Å². The lowest BCUT2D eigenvalue weighted by Crippen LogP contribution is -2.04. The van der Waals surface area contributed by atoms with Crippen molar-refractivity contribution >= 4 is 11.4 Å². The van der Waals surface area contributed by atoms with Crippen molar-refractivity contribution in [3.8, 4) is 22.4 Å². The summed E-state index contributed by atoms with van der Waals surface area (Å²) in [6, 6.07) is 14.8. The Kier molecular flexibility index (Phi) is 3.92. The number of hydrogen-bond acceptors (Lipinski definition) is 3. The molecule has 0 amide bonds. The minimum atomic E-state index is 0.841. The first-order valence-corrected chi connectivity index (χ1v) is 8.64. The summed E-state index contributed by atoms with van der Waals surface area (Å²) in [6.45, 7) is 6.02. The van der Waals surface area contributed by atoms with Crippen molar-refractivity contribution in [2.45, 2.75) is 20.8 Å². The molecule has 0 aliphatic rings. The molecule has 0 aliphatic carbocycles. The number of hydrogen-bond donors (Lipinski definition) is 2. The average molecular weight is 346 g/mol. The highest BCUT2D eigenvalue weighted by Crippen LogP contribution is 2.32. The third kappa shape index (κ3) is 2.92. The number of nitrogens with one attached hydrogen (secondary N) is 2. The fraction of sp³-hybridized carbons (Fsp3) is 0.190. The number of anilines is 2. The highest BCUT2D eigenvalue weighted by molar-refractivity contribution is 5.75. The van der Waals surface area contributed by atoms with Gasteiger partial charge in [-0.1, -0.05) is 29.4 Å². The van der Waals surface area contributed by atoms with Crippen molar-refractivity contribution in [2.75, 3.05) is 5.32 Å². The van der Waals surface area contributed by atoms with Gasteiger partial charge in [-0.3, -0.25) is 9.78 Å². The summed E-state index contributed by atoms with van der Waals surface area (Å²) in [4.78, 5) is 0. The number of H-pyrrole nitrogens is 1. The van der Waals surface area contributed by atoms with Crippen LogP contribution in [0.25, 0.3) is 22.4 Å². The molecule has 0 radical (unpaired) electrons. The molecule has 5 nitrogen and oxygen atoms in total. The molecular formula is C21H22N4O. The number of rotatable bonds is 4. The summed E-state index contributed by atoms with van der Waals surface area (Å²) in [5.41, 5.74) is 8.72. The smallest absolute Gasteiger partial charge is 0.141 e. The van der Waals surface area contributed by atoms with Gasteiger partial charge < -0.3 is 9.84 Å². The first-order chi connectivity index (χ1) is 12.5. The van der Waals surface area contributed by atoms with Crippen LogP contribution >= 0.6 is 0 Å². The predicted molar refractivity (Wildman–Crippen MR) is 105 cm³/mol. The highest BCUT2D eigenvalue weighted by atomic mass is 16.5. The second-order valence-corrected chi connectivity index (χ2v) is 6.70. The molecular weight excluding hydrogens is 324 g/mol. The number of aryl methyl sites for hydroxylation is 4.